The van der Waals surface area contributed by atoms with Gasteiger partial charge in [0.25, 0.3) is 0 Å². The zero-order valence-electron chi connectivity index (χ0n) is 15.7. The van der Waals surface area contributed by atoms with Gasteiger partial charge >= 0.3 is 24.1 Å². The van der Waals surface area contributed by atoms with E-state index in [9.17, 15) is 27.2 Å². The predicted octanol–water partition coefficient (Wildman–Crippen LogP) is 2.82. The molecule has 0 radical (unpaired) electrons. The summed E-state index contributed by atoms with van der Waals surface area (Å²) in [5.41, 5.74) is 5.40. The molecule has 1 unspecified atom stereocenters. The summed E-state index contributed by atoms with van der Waals surface area (Å²) in [5.74, 6) is -6.67. The fourth-order valence-electron chi connectivity index (χ4n) is 1.89. The zero-order chi connectivity index (χ0) is 23.9. The lowest BCUT2D eigenvalue weighted by molar-refractivity contribution is -0.192. The zero-order valence-corrected chi connectivity index (χ0v) is 15.7. The van der Waals surface area contributed by atoms with Gasteiger partial charge in [-0.25, -0.2) is 14.0 Å². The number of nitrogens with two attached hydrogens (primary N) is 1. The van der Waals surface area contributed by atoms with Gasteiger partial charge in [-0.1, -0.05) is 6.92 Å². The van der Waals surface area contributed by atoms with Crippen molar-refractivity contribution in [3.05, 3.63) is 53.2 Å². The number of amidine groups is 1. The number of esters is 1. The second-order valence-electron chi connectivity index (χ2n) is 5.96. The number of halogens is 4. The number of carboxylic acids is 2. The predicted molar refractivity (Wildman–Crippen MR) is 95.3 cm³/mol. The second-order valence-corrected chi connectivity index (χ2v) is 5.96. The molecule has 2 aromatic rings. The first-order valence-electron chi connectivity index (χ1n) is 8.20. The van der Waals surface area contributed by atoms with E-state index in [2.05, 4.69) is 0 Å². The molecule has 9 nitrogen and oxygen atoms in total. The van der Waals surface area contributed by atoms with Crippen LogP contribution in [0.15, 0.2) is 34.7 Å². The van der Waals surface area contributed by atoms with Crippen LogP contribution in [-0.4, -0.2) is 40.1 Å². The Kier molecular flexibility index (Phi) is 8.29. The van der Waals surface area contributed by atoms with Gasteiger partial charge in [0.05, 0.1) is 5.92 Å². The fraction of sp³-hybridized carbons (Fsp3) is 0.222. The van der Waals surface area contributed by atoms with Gasteiger partial charge in [-0.3, -0.25) is 10.2 Å². The van der Waals surface area contributed by atoms with Crippen molar-refractivity contribution in [2.75, 3.05) is 0 Å². The van der Waals surface area contributed by atoms with E-state index in [0.717, 1.165) is 6.07 Å². The van der Waals surface area contributed by atoms with E-state index in [1.165, 1.54) is 31.2 Å². The van der Waals surface area contributed by atoms with Gasteiger partial charge in [0.15, 0.2) is 11.6 Å². The summed E-state index contributed by atoms with van der Waals surface area (Å²) in [7, 11) is 0. The Hall–Kier alpha value is -3.90. The number of rotatable bonds is 6. The number of carbonyl (C=O) groups excluding carboxylic acids is 1. The molecule has 31 heavy (non-hydrogen) atoms. The highest BCUT2D eigenvalue weighted by molar-refractivity contribution is 5.95. The molecule has 0 bridgehead atoms. The molecular weight excluding hydrogens is 432 g/mol. The fourth-order valence-corrected chi connectivity index (χ4v) is 1.89. The monoisotopic (exact) mass is 448 g/mol. The third-order valence-electron chi connectivity index (χ3n) is 3.48. The van der Waals surface area contributed by atoms with Crippen molar-refractivity contribution in [1.29, 1.82) is 5.41 Å². The summed E-state index contributed by atoms with van der Waals surface area (Å²) in [6, 6.07) is 6.29. The lowest BCUT2D eigenvalue weighted by Gasteiger charge is -2.06. The normalized spacial score (nSPS) is 11.6. The summed E-state index contributed by atoms with van der Waals surface area (Å²) in [4.78, 5) is 31.6. The SMILES string of the molecule is CC(Cc1ccc(C(=O)Oc2ccc(C(=N)N)cc2F)o1)C(=O)O.O=C(O)C(F)(F)F. The van der Waals surface area contributed by atoms with Gasteiger partial charge in [-0.2, -0.15) is 13.2 Å². The number of nitrogens with one attached hydrogen (secondary N) is 1. The Morgan fingerprint density at radius 2 is 1.77 bits per heavy atom. The Morgan fingerprint density at radius 3 is 2.23 bits per heavy atom. The van der Waals surface area contributed by atoms with Gasteiger partial charge < -0.3 is 25.1 Å². The number of aliphatic carboxylic acids is 2. The maximum atomic E-state index is 13.8. The van der Waals surface area contributed by atoms with E-state index < -0.39 is 35.8 Å². The van der Waals surface area contributed by atoms with E-state index >= 15 is 0 Å². The first-order valence-corrected chi connectivity index (χ1v) is 8.20. The Balaban J connectivity index is 0.000000592. The topological polar surface area (TPSA) is 164 Å². The first kappa shape index (κ1) is 25.1. The van der Waals surface area contributed by atoms with Gasteiger partial charge in [-0.15, -0.1) is 0 Å². The summed E-state index contributed by atoms with van der Waals surface area (Å²) >= 11 is 0. The molecule has 0 amide bonds. The first-order chi connectivity index (χ1) is 14.2. The van der Waals surface area contributed by atoms with Crippen LogP contribution in [0.5, 0.6) is 5.75 Å². The lowest BCUT2D eigenvalue weighted by atomic mass is 10.1. The number of carboxylic acid groups (broad SMARTS) is 2. The van der Waals surface area contributed by atoms with Crippen molar-refractivity contribution in [2.24, 2.45) is 11.7 Å². The standard InChI is InChI=1S/C16H15FN2O5.C2HF3O2/c1-8(15(20)21)6-10-3-5-13(23-10)16(22)24-12-4-2-9(14(18)19)7-11(12)17;3-2(4,5)1(6)7/h2-5,7-8H,6H2,1H3,(H3,18,19)(H,20,21);(H,6,7). The average molecular weight is 448 g/mol. The average Bonchev–Trinajstić information content (AvgIpc) is 3.11. The van der Waals surface area contributed by atoms with Gasteiger partial charge in [-0.05, 0) is 30.3 Å². The van der Waals surface area contributed by atoms with Crippen molar-refractivity contribution < 1.29 is 51.3 Å². The molecule has 1 aromatic carbocycles. The van der Waals surface area contributed by atoms with Crippen LogP contribution in [0.1, 0.15) is 28.8 Å². The largest absolute Gasteiger partial charge is 0.490 e. The number of hydrogen-bond donors (Lipinski definition) is 4. The van der Waals surface area contributed by atoms with Crippen LogP contribution in [0, 0.1) is 17.1 Å². The number of carbonyl (C=O) groups is 3. The summed E-state index contributed by atoms with van der Waals surface area (Å²) in [6.45, 7) is 1.51. The third kappa shape index (κ3) is 7.79. The van der Waals surface area contributed by atoms with Crippen molar-refractivity contribution in [1.82, 2.24) is 0 Å². The number of benzene rings is 1. The molecule has 5 N–H and O–H groups in total. The number of ether oxygens (including phenoxy) is 1. The van der Waals surface area contributed by atoms with E-state index in [0.29, 0.717) is 5.76 Å². The quantitative estimate of drug-likeness (QED) is 0.172. The van der Waals surface area contributed by atoms with Crippen molar-refractivity contribution in [3.8, 4) is 5.75 Å². The number of hydrogen-bond acceptors (Lipinski definition) is 6. The lowest BCUT2D eigenvalue weighted by Crippen LogP contribution is -2.21. The van der Waals surface area contributed by atoms with Gasteiger partial charge in [0.2, 0.25) is 5.76 Å². The van der Waals surface area contributed by atoms with Gasteiger partial charge in [0, 0.05) is 12.0 Å². The molecule has 0 saturated carbocycles. The molecule has 2 rings (SSSR count). The maximum absolute atomic E-state index is 13.8. The summed E-state index contributed by atoms with van der Waals surface area (Å²) in [6.07, 6.45) is -4.97. The molecule has 0 fully saturated rings. The van der Waals surface area contributed by atoms with Crippen LogP contribution in [-0.2, 0) is 16.0 Å². The molecule has 1 heterocycles. The molecular formula is C18H16F4N2O7. The highest BCUT2D eigenvalue weighted by atomic mass is 19.4. The molecule has 0 aliphatic rings. The Labute approximate surface area is 171 Å². The van der Waals surface area contributed by atoms with Crippen LogP contribution < -0.4 is 10.5 Å². The third-order valence-corrected chi connectivity index (χ3v) is 3.48. The molecule has 1 atom stereocenters. The molecule has 168 valence electrons. The maximum Gasteiger partial charge on any atom is 0.490 e. The van der Waals surface area contributed by atoms with Gasteiger partial charge in [0.1, 0.15) is 11.6 Å². The molecule has 0 saturated heterocycles. The molecule has 1 aromatic heterocycles. The Bertz CT molecular complexity index is 986. The van der Waals surface area contributed by atoms with Crippen LogP contribution in [0.25, 0.3) is 0 Å². The number of furan rings is 1. The minimum absolute atomic E-state index is 0.115. The van der Waals surface area contributed by atoms with E-state index in [1.54, 1.807) is 0 Å². The minimum atomic E-state index is -5.08. The second kappa shape index (κ2) is 10.2. The van der Waals surface area contributed by atoms with Crippen LogP contribution in [0.3, 0.4) is 0 Å². The smallest absolute Gasteiger partial charge is 0.481 e. The molecule has 0 aliphatic heterocycles. The highest BCUT2D eigenvalue weighted by Crippen LogP contribution is 2.21. The molecule has 13 heteroatoms. The van der Waals surface area contributed by atoms with Crippen molar-refractivity contribution in [3.63, 3.8) is 0 Å². The minimum Gasteiger partial charge on any atom is -0.481 e. The van der Waals surface area contributed by atoms with Crippen LogP contribution in [0.4, 0.5) is 17.6 Å². The van der Waals surface area contributed by atoms with Crippen LogP contribution in [0.2, 0.25) is 0 Å². The number of alkyl halides is 3. The number of nitrogen functional groups attached to an aromatic ring is 1. The highest BCUT2D eigenvalue weighted by Gasteiger charge is 2.38. The molecule has 0 spiro atoms. The molecule has 0 aliphatic carbocycles. The van der Waals surface area contributed by atoms with E-state index in [4.69, 9.17) is 35.3 Å². The van der Waals surface area contributed by atoms with E-state index in [-0.39, 0.29) is 29.3 Å². The van der Waals surface area contributed by atoms with Crippen molar-refractivity contribution in [2.45, 2.75) is 19.5 Å². The van der Waals surface area contributed by atoms with Crippen LogP contribution >= 0.6 is 0 Å². The Morgan fingerprint density at radius 1 is 1.19 bits per heavy atom. The summed E-state index contributed by atoms with van der Waals surface area (Å²) in [5, 5.41) is 23.2. The van der Waals surface area contributed by atoms with E-state index in [1.807, 2.05) is 0 Å². The van der Waals surface area contributed by atoms with Crippen molar-refractivity contribution >= 4 is 23.7 Å². The summed E-state index contributed by atoms with van der Waals surface area (Å²) < 4.78 is 55.7.